The van der Waals surface area contributed by atoms with E-state index in [1.54, 1.807) is 12.1 Å². The summed E-state index contributed by atoms with van der Waals surface area (Å²) >= 11 is 1.15. The maximum Gasteiger partial charge on any atom is 0.345 e. The number of hydrogen-bond acceptors (Lipinski definition) is 4. The number of aliphatic hydroxyl groups excluding tert-OH is 1. The van der Waals surface area contributed by atoms with Crippen LogP contribution in [0.2, 0.25) is 0 Å². The van der Waals surface area contributed by atoms with Crippen LogP contribution in [-0.2, 0) is 17.6 Å². The number of rotatable bonds is 13. The number of carboxylic acid groups (broad SMARTS) is 1. The molecule has 1 amide bonds. The van der Waals surface area contributed by atoms with Gasteiger partial charge in [0.25, 0.3) is 5.91 Å². The Balaban J connectivity index is 1.48. The van der Waals surface area contributed by atoms with E-state index in [-0.39, 0.29) is 17.3 Å². The lowest BCUT2D eigenvalue weighted by molar-refractivity contribution is -0.148. The Morgan fingerprint density at radius 2 is 1.91 bits per heavy atom. The van der Waals surface area contributed by atoms with Gasteiger partial charge in [-0.2, -0.15) is 8.78 Å². The van der Waals surface area contributed by atoms with E-state index in [4.69, 9.17) is 5.11 Å². The van der Waals surface area contributed by atoms with Crippen molar-refractivity contribution >= 4 is 23.2 Å². The minimum Gasteiger partial charge on any atom is -0.477 e. The number of benzene rings is 1. The molecule has 3 rings (SSSR count). The Labute approximate surface area is 209 Å². The van der Waals surface area contributed by atoms with Crippen LogP contribution in [0.15, 0.2) is 54.6 Å². The van der Waals surface area contributed by atoms with Crippen molar-refractivity contribution in [2.75, 3.05) is 6.54 Å². The molecule has 0 radical (unpaired) electrons. The second-order valence-electron chi connectivity index (χ2n) is 9.23. The summed E-state index contributed by atoms with van der Waals surface area (Å²) in [6.45, 7) is 2.09. The van der Waals surface area contributed by atoms with Crippen LogP contribution in [0, 0.1) is 5.92 Å². The van der Waals surface area contributed by atoms with Crippen molar-refractivity contribution in [2.24, 2.45) is 5.92 Å². The summed E-state index contributed by atoms with van der Waals surface area (Å²) in [4.78, 5) is 25.5. The van der Waals surface area contributed by atoms with Gasteiger partial charge < -0.3 is 15.1 Å². The predicted octanol–water partition coefficient (Wildman–Crippen LogP) is 5.58. The molecule has 0 saturated carbocycles. The van der Waals surface area contributed by atoms with Crippen LogP contribution in [0.4, 0.5) is 8.78 Å². The number of unbranched alkanes of at least 4 members (excludes halogenated alkanes) is 1. The molecule has 0 bridgehead atoms. The van der Waals surface area contributed by atoms with Crippen LogP contribution in [0.3, 0.4) is 0 Å². The van der Waals surface area contributed by atoms with E-state index in [0.717, 1.165) is 41.9 Å². The maximum atomic E-state index is 14.2. The highest BCUT2D eigenvalue weighted by molar-refractivity contribution is 7.13. The van der Waals surface area contributed by atoms with Gasteiger partial charge in [-0.1, -0.05) is 55.8 Å². The van der Waals surface area contributed by atoms with E-state index in [1.165, 1.54) is 22.6 Å². The number of likely N-dealkylation sites (tertiary alicyclic amines) is 1. The van der Waals surface area contributed by atoms with E-state index >= 15 is 0 Å². The molecule has 3 atom stereocenters. The monoisotopic (exact) mass is 505 g/mol. The summed E-state index contributed by atoms with van der Waals surface area (Å²) in [5, 5.41) is 19.5. The lowest BCUT2D eigenvalue weighted by Crippen LogP contribution is -2.36. The van der Waals surface area contributed by atoms with Gasteiger partial charge >= 0.3 is 11.9 Å². The number of carbonyl (C=O) groups is 2. The van der Waals surface area contributed by atoms with Crippen molar-refractivity contribution in [2.45, 2.75) is 69.9 Å². The Morgan fingerprint density at radius 3 is 2.60 bits per heavy atom. The highest BCUT2D eigenvalue weighted by Gasteiger charge is 2.52. The zero-order chi connectivity index (χ0) is 25.4. The van der Waals surface area contributed by atoms with Gasteiger partial charge in [0, 0.05) is 17.8 Å². The van der Waals surface area contributed by atoms with Crippen molar-refractivity contribution in [3.05, 3.63) is 69.9 Å². The quantitative estimate of drug-likeness (QED) is 0.275. The molecular formula is C27H33F2NO4S. The van der Waals surface area contributed by atoms with Crippen LogP contribution < -0.4 is 0 Å². The second kappa shape index (κ2) is 12.4. The molecule has 35 heavy (non-hydrogen) atoms. The SMILES string of the molecule is C[C@@H](CCCCc1ccccc1)[C@H](O)C=C[C@H]1CC(F)(F)C(=O)N1CCCc1ccc(C(=O)O)s1. The summed E-state index contributed by atoms with van der Waals surface area (Å²) in [5.41, 5.74) is 1.29. The van der Waals surface area contributed by atoms with Gasteiger partial charge in [-0.05, 0) is 55.7 Å². The van der Waals surface area contributed by atoms with Crippen LogP contribution >= 0.6 is 11.3 Å². The molecule has 0 unspecified atom stereocenters. The number of carbonyl (C=O) groups excluding carboxylic acids is 1. The average molecular weight is 506 g/mol. The number of carboxylic acids is 1. The average Bonchev–Trinajstić information content (AvgIpc) is 3.39. The third-order valence-electron chi connectivity index (χ3n) is 6.47. The predicted molar refractivity (Wildman–Crippen MR) is 133 cm³/mol. The van der Waals surface area contributed by atoms with Crippen molar-refractivity contribution in [1.29, 1.82) is 0 Å². The van der Waals surface area contributed by atoms with E-state index in [9.17, 15) is 23.5 Å². The lowest BCUT2D eigenvalue weighted by atomic mass is 9.95. The summed E-state index contributed by atoms with van der Waals surface area (Å²) in [6.07, 6.45) is 6.46. The van der Waals surface area contributed by atoms with Gasteiger partial charge in [-0.25, -0.2) is 4.79 Å². The number of aliphatic hydroxyl groups is 1. The number of aryl methyl sites for hydroxylation is 2. The largest absolute Gasteiger partial charge is 0.477 e. The van der Waals surface area contributed by atoms with Gasteiger partial charge in [0.05, 0.1) is 12.1 Å². The molecule has 5 nitrogen and oxygen atoms in total. The van der Waals surface area contributed by atoms with Crippen LogP contribution in [0.1, 0.15) is 59.1 Å². The molecular weight excluding hydrogens is 472 g/mol. The number of amides is 1. The highest BCUT2D eigenvalue weighted by Crippen LogP contribution is 2.34. The van der Waals surface area contributed by atoms with Gasteiger partial charge in [0.15, 0.2) is 0 Å². The van der Waals surface area contributed by atoms with E-state index in [1.807, 2.05) is 25.1 Å². The number of hydrogen-bond donors (Lipinski definition) is 2. The van der Waals surface area contributed by atoms with Crippen molar-refractivity contribution in [1.82, 2.24) is 4.90 Å². The minimum atomic E-state index is -3.41. The number of alkyl halides is 2. The first kappa shape index (κ1) is 27.0. The fourth-order valence-electron chi connectivity index (χ4n) is 4.35. The fraction of sp³-hybridized carbons (Fsp3) is 0.481. The number of nitrogens with zero attached hydrogens (tertiary/aromatic N) is 1. The smallest absolute Gasteiger partial charge is 0.345 e. The standard InChI is InChI=1S/C27H33F2NO4S/c1-19(8-5-6-11-20-9-3-2-4-10-20)23(31)15-13-21-18-27(28,29)26(34)30(21)17-7-12-22-14-16-24(35-22)25(32)33/h2-4,9-10,13-16,19,21,23,31H,5-8,11-12,17-18H2,1H3,(H,32,33)/t19-,21-,23+/m0/s1. The van der Waals surface area contributed by atoms with Crippen LogP contribution in [0.5, 0.6) is 0 Å². The second-order valence-corrected chi connectivity index (χ2v) is 10.4. The molecule has 1 saturated heterocycles. The maximum absolute atomic E-state index is 14.2. The third-order valence-corrected chi connectivity index (χ3v) is 7.60. The van der Waals surface area contributed by atoms with Gasteiger partial charge in [0.1, 0.15) is 4.88 Å². The first-order valence-electron chi connectivity index (χ1n) is 12.1. The van der Waals surface area contributed by atoms with Gasteiger partial charge in [-0.3, -0.25) is 4.79 Å². The molecule has 1 aliphatic heterocycles. The van der Waals surface area contributed by atoms with Crippen molar-refractivity contribution < 1.29 is 28.6 Å². The number of halogens is 2. The molecule has 0 aliphatic carbocycles. The molecule has 2 N–H and O–H groups in total. The van der Waals surface area contributed by atoms with E-state index in [0.29, 0.717) is 12.8 Å². The van der Waals surface area contributed by atoms with Crippen molar-refractivity contribution in [3.63, 3.8) is 0 Å². The molecule has 0 spiro atoms. The lowest BCUT2D eigenvalue weighted by Gasteiger charge is -2.22. The first-order chi connectivity index (χ1) is 16.7. The van der Waals surface area contributed by atoms with E-state index < -0.39 is 36.4 Å². The zero-order valence-corrected chi connectivity index (χ0v) is 20.7. The number of thiophene rings is 1. The Bertz CT molecular complexity index is 1010. The number of aromatic carboxylic acids is 1. The normalized spacial score (nSPS) is 19.4. The van der Waals surface area contributed by atoms with Gasteiger partial charge in [-0.15, -0.1) is 11.3 Å². The van der Waals surface area contributed by atoms with Crippen molar-refractivity contribution in [3.8, 4) is 0 Å². The Kier molecular flexibility index (Phi) is 9.57. The first-order valence-corrected chi connectivity index (χ1v) is 12.9. The molecule has 1 aromatic carbocycles. The summed E-state index contributed by atoms with van der Waals surface area (Å²) in [7, 11) is 0. The molecule has 1 fully saturated rings. The molecule has 2 aromatic rings. The molecule has 1 aliphatic rings. The third kappa shape index (κ3) is 7.70. The van der Waals surface area contributed by atoms with Gasteiger partial charge in [0.2, 0.25) is 0 Å². The summed E-state index contributed by atoms with van der Waals surface area (Å²) in [5.74, 6) is -5.62. The molecule has 2 heterocycles. The topological polar surface area (TPSA) is 77.8 Å². The molecule has 1 aromatic heterocycles. The minimum absolute atomic E-state index is 0.0182. The zero-order valence-electron chi connectivity index (χ0n) is 19.9. The summed E-state index contributed by atoms with van der Waals surface area (Å²) < 4.78 is 28.3. The highest BCUT2D eigenvalue weighted by atomic mass is 32.1. The molecule has 190 valence electrons. The Morgan fingerprint density at radius 1 is 1.17 bits per heavy atom. The van der Waals surface area contributed by atoms with Crippen LogP contribution in [0.25, 0.3) is 0 Å². The fourth-order valence-corrected chi connectivity index (χ4v) is 5.24. The van der Waals surface area contributed by atoms with E-state index in [2.05, 4.69) is 12.1 Å². The summed E-state index contributed by atoms with van der Waals surface area (Å²) in [6, 6.07) is 12.7. The van der Waals surface area contributed by atoms with Crippen LogP contribution in [-0.4, -0.2) is 51.6 Å². The molecule has 8 heteroatoms. The Hall–Kier alpha value is -2.58.